The van der Waals surface area contributed by atoms with E-state index in [0.29, 0.717) is 5.69 Å². The SMILES string of the molecule is CCC(Cc1c[nH]c2ccccc12)N=Cc1c(O)n(-c2ccccc2)c(=S)[nH]c1=O. The molecule has 0 aliphatic rings. The third kappa shape index (κ3) is 3.84. The first kappa shape index (κ1) is 19.8. The highest BCUT2D eigenvalue weighted by atomic mass is 32.1. The van der Waals surface area contributed by atoms with Gasteiger partial charge in [0.1, 0.15) is 5.56 Å². The summed E-state index contributed by atoms with van der Waals surface area (Å²) < 4.78 is 1.56. The van der Waals surface area contributed by atoms with Gasteiger partial charge in [0.2, 0.25) is 5.88 Å². The largest absolute Gasteiger partial charge is 0.494 e. The van der Waals surface area contributed by atoms with Gasteiger partial charge in [-0.15, -0.1) is 0 Å². The Kier molecular flexibility index (Phi) is 5.63. The summed E-state index contributed by atoms with van der Waals surface area (Å²) in [4.78, 5) is 23.0. The summed E-state index contributed by atoms with van der Waals surface area (Å²) in [6.45, 7) is 2.05. The summed E-state index contributed by atoms with van der Waals surface area (Å²) in [7, 11) is 0. The van der Waals surface area contributed by atoms with E-state index in [-0.39, 0.29) is 22.3 Å². The standard InChI is InChI=1S/C23H22N4O2S/c1-2-16(12-15-13-25-20-11-7-6-10-18(15)20)24-14-19-21(28)26-23(30)27(22(19)29)17-8-4-3-5-9-17/h3-11,13-14,16,25,29H,2,12H2,1H3,(H,26,28,30). The number of aliphatic imine (C=N–C) groups is 1. The van der Waals surface area contributed by atoms with Crippen LogP contribution in [0, 0.1) is 4.77 Å². The smallest absolute Gasteiger partial charge is 0.264 e. The van der Waals surface area contributed by atoms with E-state index in [1.807, 2.05) is 42.6 Å². The zero-order valence-electron chi connectivity index (χ0n) is 16.5. The highest BCUT2D eigenvalue weighted by Gasteiger charge is 2.14. The zero-order chi connectivity index (χ0) is 21.1. The maximum absolute atomic E-state index is 12.4. The Labute approximate surface area is 178 Å². The third-order valence-electron chi connectivity index (χ3n) is 5.15. The second-order valence-corrected chi connectivity index (χ2v) is 7.46. The maximum Gasteiger partial charge on any atom is 0.264 e. The summed E-state index contributed by atoms with van der Waals surface area (Å²) in [6, 6.07) is 17.3. The van der Waals surface area contributed by atoms with Crippen LogP contribution < -0.4 is 5.56 Å². The molecule has 0 spiro atoms. The van der Waals surface area contributed by atoms with Crippen LogP contribution in [0.5, 0.6) is 5.88 Å². The maximum atomic E-state index is 12.4. The lowest BCUT2D eigenvalue weighted by Gasteiger charge is -2.12. The predicted octanol–water partition coefficient (Wildman–Crippen LogP) is 4.52. The van der Waals surface area contributed by atoms with Gasteiger partial charge in [-0.3, -0.25) is 19.3 Å². The van der Waals surface area contributed by atoms with E-state index in [1.165, 1.54) is 21.7 Å². The van der Waals surface area contributed by atoms with Crippen LogP contribution in [0.15, 0.2) is 70.6 Å². The number of aromatic hydroxyl groups is 1. The van der Waals surface area contributed by atoms with E-state index in [9.17, 15) is 9.90 Å². The van der Waals surface area contributed by atoms with Gasteiger partial charge < -0.3 is 10.1 Å². The number of nitrogens with one attached hydrogen (secondary N) is 2. The molecule has 0 aliphatic heterocycles. The summed E-state index contributed by atoms with van der Waals surface area (Å²) in [5.74, 6) is -0.222. The van der Waals surface area contributed by atoms with Crippen molar-refractivity contribution in [2.24, 2.45) is 4.99 Å². The van der Waals surface area contributed by atoms with Crippen LogP contribution in [-0.2, 0) is 6.42 Å². The molecule has 1 atom stereocenters. The first-order valence-corrected chi connectivity index (χ1v) is 10.2. The van der Waals surface area contributed by atoms with Crippen LogP contribution in [0.2, 0.25) is 0 Å². The van der Waals surface area contributed by atoms with Crippen molar-refractivity contribution in [1.82, 2.24) is 14.5 Å². The van der Waals surface area contributed by atoms with Crippen molar-refractivity contribution in [3.8, 4) is 11.6 Å². The van der Waals surface area contributed by atoms with E-state index in [0.717, 1.165) is 18.4 Å². The van der Waals surface area contributed by atoms with Crippen molar-refractivity contribution < 1.29 is 5.11 Å². The average Bonchev–Trinajstić information content (AvgIpc) is 3.16. The molecule has 2 aromatic heterocycles. The molecule has 0 bridgehead atoms. The van der Waals surface area contributed by atoms with Crippen molar-refractivity contribution >= 4 is 29.3 Å². The Morgan fingerprint density at radius 1 is 1.17 bits per heavy atom. The molecule has 4 rings (SSSR count). The molecule has 1 unspecified atom stereocenters. The Morgan fingerprint density at radius 2 is 1.90 bits per heavy atom. The molecule has 0 fully saturated rings. The molecule has 30 heavy (non-hydrogen) atoms. The zero-order valence-corrected chi connectivity index (χ0v) is 17.3. The van der Waals surface area contributed by atoms with Crippen molar-refractivity contribution in [2.75, 3.05) is 0 Å². The van der Waals surface area contributed by atoms with Gasteiger partial charge in [-0.25, -0.2) is 0 Å². The predicted molar refractivity (Wildman–Crippen MR) is 123 cm³/mol. The van der Waals surface area contributed by atoms with Crippen molar-refractivity contribution in [1.29, 1.82) is 0 Å². The second-order valence-electron chi connectivity index (χ2n) is 7.07. The lowest BCUT2D eigenvalue weighted by atomic mass is 10.0. The third-order valence-corrected chi connectivity index (χ3v) is 5.44. The number of aromatic nitrogens is 3. The molecule has 152 valence electrons. The molecule has 3 N–H and O–H groups in total. The molecule has 0 radical (unpaired) electrons. The number of benzene rings is 2. The van der Waals surface area contributed by atoms with Gasteiger partial charge in [-0.2, -0.15) is 0 Å². The van der Waals surface area contributed by atoms with Crippen LogP contribution in [-0.4, -0.2) is 31.9 Å². The van der Waals surface area contributed by atoms with E-state index >= 15 is 0 Å². The Balaban J connectivity index is 1.67. The van der Waals surface area contributed by atoms with Crippen LogP contribution in [0.25, 0.3) is 16.6 Å². The number of para-hydroxylation sites is 2. The minimum atomic E-state index is -0.463. The fraction of sp³-hybridized carbons (Fsp3) is 0.174. The number of fused-ring (bicyclic) bond motifs is 1. The second kappa shape index (κ2) is 8.51. The molecule has 2 heterocycles. The fourth-order valence-corrected chi connectivity index (χ4v) is 3.79. The summed E-state index contributed by atoms with van der Waals surface area (Å²) >= 11 is 5.25. The van der Waals surface area contributed by atoms with Gasteiger partial charge in [0, 0.05) is 23.3 Å². The molecular weight excluding hydrogens is 396 g/mol. The van der Waals surface area contributed by atoms with Gasteiger partial charge in [0.05, 0.1) is 11.7 Å². The molecular formula is C23H22N4O2S. The van der Waals surface area contributed by atoms with Crippen LogP contribution in [0.1, 0.15) is 24.5 Å². The number of H-pyrrole nitrogens is 2. The number of rotatable bonds is 6. The van der Waals surface area contributed by atoms with Crippen molar-refractivity contribution in [3.05, 3.63) is 87.0 Å². The highest BCUT2D eigenvalue weighted by molar-refractivity contribution is 7.71. The summed E-state index contributed by atoms with van der Waals surface area (Å²) in [5, 5.41) is 11.9. The first-order valence-electron chi connectivity index (χ1n) is 9.80. The molecule has 0 saturated carbocycles. The minimum absolute atomic E-state index is 0.0311. The van der Waals surface area contributed by atoms with Crippen molar-refractivity contribution in [2.45, 2.75) is 25.8 Å². The van der Waals surface area contributed by atoms with Crippen LogP contribution >= 0.6 is 12.2 Å². The molecule has 6 nitrogen and oxygen atoms in total. The Morgan fingerprint density at radius 3 is 2.67 bits per heavy atom. The van der Waals surface area contributed by atoms with Crippen molar-refractivity contribution in [3.63, 3.8) is 0 Å². The quantitative estimate of drug-likeness (QED) is 0.318. The van der Waals surface area contributed by atoms with Gasteiger partial charge in [-0.1, -0.05) is 43.3 Å². The molecule has 4 aromatic rings. The van der Waals surface area contributed by atoms with E-state index < -0.39 is 5.56 Å². The van der Waals surface area contributed by atoms with Gasteiger partial charge in [-0.05, 0) is 48.8 Å². The Bertz CT molecular complexity index is 1320. The number of hydrogen-bond acceptors (Lipinski definition) is 4. The lowest BCUT2D eigenvalue weighted by molar-refractivity contribution is 0.432. The van der Waals surface area contributed by atoms with E-state index in [2.05, 4.69) is 28.0 Å². The summed E-state index contributed by atoms with van der Waals surface area (Å²) in [6.07, 6.45) is 4.98. The monoisotopic (exact) mass is 418 g/mol. The normalized spacial score (nSPS) is 12.6. The molecule has 7 heteroatoms. The van der Waals surface area contributed by atoms with Gasteiger partial charge >= 0.3 is 0 Å². The van der Waals surface area contributed by atoms with E-state index in [4.69, 9.17) is 12.2 Å². The minimum Gasteiger partial charge on any atom is -0.494 e. The Hall–Kier alpha value is -3.45. The van der Waals surface area contributed by atoms with Crippen LogP contribution in [0.3, 0.4) is 0 Å². The molecule has 2 aromatic carbocycles. The molecule has 0 aliphatic carbocycles. The van der Waals surface area contributed by atoms with E-state index in [1.54, 1.807) is 12.1 Å². The molecule has 0 amide bonds. The van der Waals surface area contributed by atoms with Crippen LogP contribution in [0.4, 0.5) is 0 Å². The molecule has 0 saturated heterocycles. The lowest BCUT2D eigenvalue weighted by Crippen LogP contribution is -2.19. The highest BCUT2D eigenvalue weighted by Crippen LogP contribution is 2.22. The number of nitrogens with zero attached hydrogens (tertiary/aromatic N) is 2. The fourth-order valence-electron chi connectivity index (χ4n) is 3.51. The van der Waals surface area contributed by atoms with Gasteiger partial charge in [0.25, 0.3) is 5.56 Å². The number of aromatic amines is 2. The number of hydrogen-bond donors (Lipinski definition) is 3. The first-order chi connectivity index (χ1) is 14.6. The topological polar surface area (TPSA) is 86.2 Å². The average molecular weight is 419 g/mol. The van der Waals surface area contributed by atoms with Gasteiger partial charge in [0.15, 0.2) is 4.77 Å². The summed E-state index contributed by atoms with van der Waals surface area (Å²) in [5.41, 5.74) is 2.55.